The van der Waals surface area contributed by atoms with Crippen molar-refractivity contribution in [3.8, 4) is 0 Å². The molecule has 0 amide bonds. The molecule has 3 rings (SSSR count). The monoisotopic (exact) mass is 211 g/mol. The van der Waals surface area contributed by atoms with E-state index in [2.05, 4.69) is 60.6 Å². The summed E-state index contributed by atoms with van der Waals surface area (Å²) in [6.45, 7) is 0. The lowest BCUT2D eigenvalue weighted by molar-refractivity contribution is 0.363. The molecule has 82 valence electrons. The molecule has 2 atom stereocenters. The predicted molar refractivity (Wildman–Crippen MR) is 67.9 cm³/mol. The summed E-state index contributed by atoms with van der Waals surface area (Å²) in [6.07, 6.45) is 20.2. The molecule has 1 aliphatic heterocycles. The topological polar surface area (TPSA) is 3.24 Å². The van der Waals surface area contributed by atoms with E-state index in [1.54, 1.807) is 5.57 Å². The first-order chi connectivity index (χ1) is 7.88. The fourth-order valence-electron chi connectivity index (χ4n) is 2.93. The molecule has 0 bridgehead atoms. The maximum absolute atomic E-state index is 2.41. The molecule has 0 N–H and O–H groups in total. The second-order valence-electron chi connectivity index (χ2n) is 4.63. The van der Waals surface area contributed by atoms with E-state index < -0.39 is 0 Å². The Hall–Kier alpha value is -1.50. The Morgan fingerprint density at radius 1 is 1.12 bits per heavy atom. The van der Waals surface area contributed by atoms with Crippen LogP contribution < -0.4 is 0 Å². The summed E-state index contributed by atoms with van der Waals surface area (Å²) in [7, 11) is 2.21. The molecule has 0 fully saturated rings. The molecule has 1 nitrogen and oxygen atoms in total. The largest absolute Gasteiger partial charge is 0.367 e. The van der Waals surface area contributed by atoms with Gasteiger partial charge in [-0.05, 0) is 24.5 Å². The van der Waals surface area contributed by atoms with E-state index in [1.807, 2.05) is 0 Å². The molecule has 0 radical (unpaired) electrons. The molecule has 1 heteroatoms. The summed E-state index contributed by atoms with van der Waals surface area (Å²) >= 11 is 0. The standard InChI is InChI=1S/C15H17N/c1-16-14-10-5-3-2-4-8-12(14)13-9-6-7-11-15(13)16/h2-3,5-7,9-11,13,15H,4,8H2,1H3/b3-2-,10-5-. The quantitative estimate of drug-likeness (QED) is 0.594. The minimum atomic E-state index is 0.540. The Bertz CT molecular complexity index is 434. The van der Waals surface area contributed by atoms with Gasteiger partial charge in [0.1, 0.15) is 0 Å². The summed E-state index contributed by atoms with van der Waals surface area (Å²) < 4.78 is 0. The first-order valence-corrected chi connectivity index (χ1v) is 6.02. The van der Waals surface area contributed by atoms with Crippen LogP contribution in [0.3, 0.4) is 0 Å². The average Bonchev–Trinajstić information content (AvgIpc) is 2.52. The maximum atomic E-state index is 2.41. The highest BCUT2D eigenvalue weighted by atomic mass is 15.2. The van der Waals surface area contributed by atoms with Gasteiger partial charge in [-0.3, -0.25) is 0 Å². The predicted octanol–water partition coefficient (Wildman–Crippen LogP) is 3.20. The van der Waals surface area contributed by atoms with Crippen molar-refractivity contribution in [2.75, 3.05) is 7.05 Å². The van der Waals surface area contributed by atoms with Gasteiger partial charge in [-0.1, -0.05) is 42.5 Å². The van der Waals surface area contributed by atoms with Crippen LogP contribution in [0.5, 0.6) is 0 Å². The molecule has 0 spiro atoms. The zero-order chi connectivity index (χ0) is 11.0. The molecule has 0 aromatic heterocycles. The smallest absolute Gasteiger partial charge is 0.0573 e. The molecule has 2 unspecified atom stereocenters. The van der Waals surface area contributed by atoms with Gasteiger partial charge in [-0.25, -0.2) is 0 Å². The van der Waals surface area contributed by atoms with E-state index >= 15 is 0 Å². The lowest BCUT2D eigenvalue weighted by atomic mass is 9.88. The van der Waals surface area contributed by atoms with Crippen molar-refractivity contribution >= 4 is 0 Å². The van der Waals surface area contributed by atoms with Gasteiger partial charge in [0.2, 0.25) is 0 Å². The Morgan fingerprint density at radius 2 is 2.00 bits per heavy atom. The van der Waals surface area contributed by atoms with Crippen LogP contribution in [-0.4, -0.2) is 18.0 Å². The third-order valence-corrected chi connectivity index (χ3v) is 3.75. The van der Waals surface area contributed by atoms with Crippen LogP contribution in [0.2, 0.25) is 0 Å². The van der Waals surface area contributed by atoms with Crippen molar-refractivity contribution in [3.05, 3.63) is 59.9 Å². The summed E-state index contributed by atoms with van der Waals surface area (Å²) in [5, 5.41) is 0. The highest BCUT2D eigenvalue weighted by Crippen LogP contribution is 2.39. The Kier molecular flexibility index (Phi) is 2.32. The Labute approximate surface area is 97.1 Å². The van der Waals surface area contributed by atoms with E-state index in [9.17, 15) is 0 Å². The van der Waals surface area contributed by atoms with Gasteiger partial charge >= 0.3 is 0 Å². The van der Waals surface area contributed by atoms with Gasteiger partial charge < -0.3 is 4.90 Å². The van der Waals surface area contributed by atoms with E-state index in [4.69, 9.17) is 0 Å². The summed E-state index contributed by atoms with van der Waals surface area (Å²) in [4.78, 5) is 2.41. The van der Waals surface area contributed by atoms with Crippen LogP contribution in [0.15, 0.2) is 59.9 Å². The third-order valence-electron chi connectivity index (χ3n) is 3.75. The lowest BCUT2D eigenvalue weighted by Gasteiger charge is -2.25. The number of hydrogen-bond acceptors (Lipinski definition) is 1. The van der Waals surface area contributed by atoms with E-state index in [0.29, 0.717) is 12.0 Å². The average molecular weight is 211 g/mol. The molecule has 1 heterocycles. The van der Waals surface area contributed by atoms with Crippen LogP contribution in [0.1, 0.15) is 12.8 Å². The summed E-state index contributed by atoms with van der Waals surface area (Å²) in [5.74, 6) is 0.598. The summed E-state index contributed by atoms with van der Waals surface area (Å²) in [6, 6.07) is 0.540. The number of hydrogen-bond donors (Lipinski definition) is 0. The number of nitrogens with zero attached hydrogens (tertiary/aromatic N) is 1. The Balaban J connectivity index is 2.02. The molecule has 0 aromatic rings. The maximum Gasteiger partial charge on any atom is 0.0573 e. The third kappa shape index (κ3) is 1.39. The second kappa shape index (κ2) is 3.82. The number of likely N-dealkylation sites (N-methyl/N-ethyl adjacent to an activating group) is 1. The van der Waals surface area contributed by atoms with Crippen LogP contribution in [0, 0.1) is 5.92 Å². The van der Waals surface area contributed by atoms with Gasteiger partial charge in [-0.2, -0.15) is 0 Å². The van der Waals surface area contributed by atoms with Gasteiger partial charge in [0.15, 0.2) is 0 Å². The first kappa shape index (κ1) is 9.71. The van der Waals surface area contributed by atoms with Gasteiger partial charge in [-0.15, -0.1) is 0 Å². The second-order valence-corrected chi connectivity index (χ2v) is 4.63. The van der Waals surface area contributed by atoms with Gasteiger partial charge in [0.25, 0.3) is 0 Å². The molecular weight excluding hydrogens is 194 g/mol. The van der Waals surface area contributed by atoms with Crippen LogP contribution in [0.4, 0.5) is 0 Å². The normalized spacial score (nSPS) is 35.4. The molecule has 0 saturated heterocycles. The lowest BCUT2D eigenvalue weighted by Crippen LogP contribution is -2.28. The molecular formula is C15H17N. The van der Waals surface area contributed by atoms with Gasteiger partial charge in [0, 0.05) is 18.7 Å². The molecule has 0 saturated carbocycles. The minimum absolute atomic E-state index is 0.540. The first-order valence-electron chi connectivity index (χ1n) is 6.02. The Morgan fingerprint density at radius 3 is 2.94 bits per heavy atom. The van der Waals surface area contributed by atoms with Crippen molar-refractivity contribution in [2.24, 2.45) is 5.92 Å². The van der Waals surface area contributed by atoms with E-state index in [0.717, 1.165) is 6.42 Å². The van der Waals surface area contributed by atoms with Crippen LogP contribution in [0.25, 0.3) is 0 Å². The minimum Gasteiger partial charge on any atom is -0.367 e. The van der Waals surface area contributed by atoms with Crippen LogP contribution >= 0.6 is 0 Å². The van der Waals surface area contributed by atoms with Crippen molar-refractivity contribution in [1.29, 1.82) is 0 Å². The van der Waals surface area contributed by atoms with Crippen molar-refractivity contribution in [2.45, 2.75) is 18.9 Å². The zero-order valence-electron chi connectivity index (χ0n) is 9.63. The fourth-order valence-corrected chi connectivity index (χ4v) is 2.93. The molecule has 16 heavy (non-hydrogen) atoms. The highest BCUT2D eigenvalue weighted by Gasteiger charge is 2.34. The zero-order valence-corrected chi connectivity index (χ0v) is 9.63. The van der Waals surface area contributed by atoms with Gasteiger partial charge in [0.05, 0.1) is 6.04 Å². The van der Waals surface area contributed by atoms with Crippen molar-refractivity contribution in [3.63, 3.8) is 0 Å². The molecule has 2 aliphatic carbocycles. The highest BCUT2D eigenvalue weighted by molar-refractivity contribution is 5.42. The number of allylic oxidation sites excluding steroid dienone is 6. The van der Waals surface area contributed by atoms with Crippen LogP contribution in [-0.2, 0) is 0 Å². The molecule has 3 aliphatic rings. The number of fused-ring (bicyclic) bond motifs is 2. The SMILES string of the molecule is CN1C2=C(CC/C=C\C=C/2)C2C=CC=CC21. The number of rotatable bonds is 0. The molecule has 0 aromatic carbocycles. The van der Waals surface area contributed by atoms with E-state index in [-0.39, 0.29) is 0 Å². The summed E-state index contributed by atoms with van der Waals surface area (Å²) in [5.41, 5.74) is 3.03. The fraction of sp³-hybridized carbons (Fsp3) is 0.333. The van der Waals surface area contributed by atoms with E-state index in [1.165, 1.54) is 12.1 Å². The van der Waals surface area contributed by atoms with Crippen molar-refractivity contribution < 1.29 is 0 Å². The van der Waals surface area contributed by atoms with Crippen molar-refractivity contribution in [1.82, 2.24) is 4.90 Å².